The number of thiazole rings is 1. The van der Waals surface area contributed by atoms with Crippen molar-refractivity contribution in [2.75, 3.05) is 6.61 Å². The molecule has 0 radical (unpaired) electrons. The summed E-state index contributed by atoms with van der Waals surface area (Å²) in [4.78, 5) is 31.2. The zero-order valence-electron chi connectivity index (χ0n) is 16.3. The number of carbonyl (C=O) groups excluding carboxylic acids is 1. The number of ether oxygens (including phenoxy) is 1. The summed E-state index contributed by atoms with van der Waals surface area (Å²) in [6.45, 7) is 3.60. The summed E-state index contributed by atoms with van der Waals surface area (Å²) in [5.41, 5.74) is 0.880. The van der Waals surface area contributed by atoms with Gasteiger partial charge in [0.05, 0.1) is 32.5 Å². The Morgan fingerprint density at radius 1 is 1.35 bits per heavy atom. The topological polar surface area (TPSA) is 73.8 Å². The van der Waals surface area contributed by atoms with Crippen molar-refractivity contribution in [1.82, 2.24) is 4.57 Å². The lowest BCUT2D eigenvalue weighted by atomic mass is 9.96. The number of fused-ring (bicyclic) bond motifs is 1. The maximum absolute atomic E-state index is 13.4. The summed E-state index contributed by atoms with van der Waals surface area (Å²) in [6, 6.07) is 7.75. The Labute approximate surface area is 199 Å². The summed E-state index contributed by atoms with van der Waals surface area (Å²) >= 11 is 17.2. The number of esters is 1. The van der Waals surface area contributed by atoms with Crippen LogP contribution in [0.2, 0.25) is 10.0 Å². The summed E-state index contributed by atoms with van der Waals surface area (Å²) in [5.74, 6) is -0.0511. The summed E-state index contributed by atoms with van der Waals surface area (Å²) in [6.07, 6.45) is 1.63. The van der Waals surface area contributed by atoms with Crippen molar-refractivity contribution >= 4 is 62.5 Å². The average Bonchev–Trinajstić information content (AvgIpc) is 3.26. The first-order valence-corrected chi connectivity index (χ1v) is 11.6. The summed E-state index contributed by atoms with van der Waals surface area (Å²) in [5, 5.41) is 0.579. The van der Waals surface area contributed by atoms with Gasteiger partial charge in [-0.05, 0) is 48.0 Å². The molecule has 0 aliphatic carbocycles. The van der Waals surface area contributed by atoms with Gasteiger partial charge >= 0.3 is 5.97 Å². The SMILES string of the molecule is CCOC(=O)C1=C(C)N=c2s/c(=C\c3ccc(Br)o3)c(=O)n2[C@@H]1c1cccc(Cl)c1Cl. The quantitative estimate of drug-likeness (QED) is 0.457. The molecule has 0 bridgehead atoms. The minimum Gasteiger partial charge on any atom is -0.463 e. The fraction of sp³-hybridized carbons (Fsp3) is 0.190. The van der Waals surface area contributed by atoms with Crippen LogP contribution >= 0.6 is 50.5 Å². The van der Waals surface area contributed by atoms with Gasteiger partial charge in [0, 0.05) is 11.6 Å². The number of allylic oxidation sites excluding steroid dienone is 1. The lowest BCUT2D eigenvalue weighted by molar-refractivity contribution is -0.139. The number of hydrogen-bond acceptors (Lipinski definition) is 6. The van der Waals surface area contributed by atoms with E-state index in [0.717, 1.165) is 0 Å². The van der Waals surface area contributed by atoms with Crippen LogP contribution in [-0.2, 0) is 9.53 Å². The molecule has 1 aliphatic heterocycles. The number of furan rings is 1. The molecular formula is C21H15BrCl2N2O4S. The molecule has 0 N–H and O–H groups in total. The number of carbonyl (C=O) groups is 1. The van der Waals surface area contributed by atoms with E-state index in [2.05, 4.69) is 20.9 Å². The second-order valence-electron chi connectivity index (χ2n) is 6.59. The zero-order chi connectivity index (χ0) is 22.3. The molecular weight excluding hydrogens is 527 g/mol. The van der Waals surface area contributed by atoms with Crippen LogP contribution in [0.15, 0.2) is 60.5 Å². The number of rotatable bonds is 4. The Hall–Kier alpha value is -2.13. The van der Waals surface area contributed by atoms with E-state index in [0.29, 0.717) is 36.0 Å². The molecule has 0 saturated carbocycles. The third kappa shape index (κ3) is 4.05. The number of aromatic nitrogens is 1. The smallest absolute Gasteiger partial charge is 0.338 e. The Kier molecular flexibility index (Phi) is 6.25. The van der Waals surface area contributed by atoms with Crippen LogP contribution in [0.5, 0.6) is 0 Å². The molecule has 1 atom stereocenters. The number of hydrogen-bond donors (Lipinski definition) is 0. The van der Waals surface area contributed by atoms with E-state index < -0.39 is 12.0 Å². The molecule has 31 heavy (non-hydrogen) atoms. The van der Waals surface area contributed by atoms with Crippen molar-refractivity contribution in [3.05, 3.63) is 87.3 Å². The van der Waals surface area contributed by atoms with Gasteiger partial charge in [-0.2, -0.15) is 0 Å². The minimum absolute atomic E-state index is 0.184. The predicted octanol–water partition coefficient (Wildman–Crippen LogP) is 4.46. The Morgan fingerprint density at radius 3 is 2.81 bits per heavy atom. The van der Waals surface area contributed by atoms with Gasteiger partial charge in [0.15, 0.2) is 9.47 Å². The first-order valence-electron chi connectivity index (χ1n) is 9.20. The normalized spacial score (nSPS) is 16.3. The Morgan fingerprint density at radius 2 is 2.13 bits per heavy atom. The van der Waals surface area contributed by atoms with Gasteiger partial charge in [0.25, 0.3) is 5.56 Å². The largest absolute Gasteiger partial charge is 0.463 e. The fourth-order valence-corrected chi connectivity index (χ4v) is 5.11. The zero-order valence-corrected chi connectivity index (χ0v) is 20.2. The van der Waals surface area contributed by atoms with E-state index in [1.165, 1.54) is 15.9 Å². The second-order valence-corrected chi connectivity index (χ2v) is 9.16. The lowest BCUT2D eigenvalue weighted by Gasteiger charge is -2.25. The average molecular weight is 542 g/mol. The van der Waals surface area contributed by atoms with Gasteiger partial charge in [0.2, 0.25) is 0 Å². The van der Waals surface area contributed by atoms with Gasteiger partial charge in [-0.25, -0.2) is 9.79 Å². The van der Waals surface area contributed by atoms with Crippen LogP contribution in [0.3, 0.4) is 0 Å². The monoisotopic (exact) mass is 540 g/mol. The van der Waals surface area contributed by atoms with Gasteiger partial charge in [-0.3, -0.25) is 9.36 Å². The van der Waals surface area contributed by atoms with Crippen molar-refractivity contribution in [2.24, 2.45) is 4.99 Å². The van der Waals surface area contributed by atoms with Crippen molar-refractivity contribution in [2.45, 2.75) is 19.9 Å². The van der Waals surface area contributed by atoms with Gasteiger partial charge in [-0.15, -0.1) is 0 Å². The first-order chi connectivity index (χ1) is 14.8. The maximum atomic E-state index is 13.4. The van der Waals surface area contributed by atoms with E-state index in [1.54, 1.807) is 50.3 Å². The van der Waals surface area contributed by atoms with Crippen LogP contribution < -0.4 is 14.9 Å². The molecule has 1 aliphatic rings. The second kappa shape index (κ2) is 8.78. The van der Waals surface area contributed by atoms with Crippen LogP contribution in [0.1, 0.15) is 31.2 Å². The van der Waals surface area contributed by atoms with Crippen molar-refractivity contribution in [1.29, 1.82) is 0 Å². The molecule has 6 nitrogen and oxygen atoms in total. The molecule has 0 amide bonds. The van der Waals surface area contributed by atoms with Crippen LogP contribution in [0, 0.1) is 0 Å². The van der Waals surface area contributed by atoms with Crippen molar-refractivity contribution < 1.29 is 13.9 Å². The highest BCUT2D eigenvalue weighted by Crippen LogP contribution is 2.37. The van der Waals surface area contributed by atoms with Gasteiger partial charge in [0.1, 0.15) is 11.8 Å². The van der Waals surface area contributed by atoms with Gasteiger partial charge in [-0.1, -0.05) is 46.7 Å². The molecule has 0 unspecified atom stereocenters. The van der Waals surface area contributed by atoms with E-state index in [1.807, 2.05) is 0 Å². The minimum atomic E-state index is -0.827. The molecule has 1 aromatic carbocycles. The third-order valence-electron chi connectivity index (χ3n) is 4.66. The summed E-state index contributed by atoms with van der Waals surface area (Å²) in [7, 11) is 0. The fourth-order valence-electron chi connectivity index (χ4n) is 3.35. The van der Waals surface area contributed by atoms with Gasteiger partial charge < -0.3 is 9.15 Å². The maximum Gasteiger partial charge on any atom is 0.338 e. The predicted molar refractivity (Wildman–Crippen MR) is 123 cm³/mol. The van der Waals surface area contributed by atoms with E-state index in [-0.39, 0.29) is 22.8 Å². The van der Waals surface area contributed by atoms with E-state index in [9.17, 15) is 9.59 Å². The Balaban J connectivity index is 2.01. The molecule has 160 valence electrons. The highest BCUT2D eigenvalue weighted by molar-refractivity contribution is 9.10. The van der Waals surface area contributed by atoms with Crippen LogP contribution in [0.25, 0.3) is 6.08 Å². The number of halogens is 3. The molecule has 0 spiro atoms. The highest BCUT2D eigenvalue weighted by atomic mass is 79.9. The molecule has 4 rings (SSSR count). The number of nitrogens with zero attached hydrogens (tertiary/aromatic N) is 2. The van der Waals surface area contributed by atoms with Crippen molar-refractivity contribution in [3.8, 4) is 0 Å². The summed E-state index contributed by atoms with van der Waals surface area (Å²) < 4.78 is 13.2. The molecule has 0 fully saturated rings. The van der Waals surface area contributed by atoms with E-state index in [4.69, 9.17) is 32.4 Å². The van der Waals surface area contributed by atoms with Crippen molar-refractivity contribution in [3.63, 3.8) is 0 Å². The molecule has 2 aromatic heterocycles. The molecule has 10 heteroatoms. The van der Waals surface area contributed by atoms with Crippen LogP contribution in [0.4, 0.5) is 0 Å². The molecule has 0 saturated heterocycles. The third-order valence-corrected chi connectivity index (χ3v) is 6.90. The standard InChI is InChI=1S/C21H15BrCl2N2O4S/c1-3-29-20(28)16-10(2)25-21-26(18(16)12-5-4-6-13(23)17(12)24)19(27)14(31-21)9-11-7-8-15(22)30-11/h4-9,18H,3H2,1-2H3/b14-9-/t18-/m1/s1. The first kappa shape index (κ1) is 22.1. The molecule has 3 aromatic rings. The van der Waals surface area contributed by atoms with Crippen LogP contribution in [-0.4, -0.2) is 17.1 Å². The lowest BCUT2D eigenvalue weighted by Crippen LogP contribution is -2.40. The van der Waals surface area contributed by atoms with E-state index >= 15 is 0 Å². The Bertz CT molecular complexity index is 1400. The highest BCUT2D eigenvalue weighted by Gasteiger charge is 2.34. The number of benzene rings is 1. The molecule has 3 heterocycles.